The maximum absolute atomic E-state index is 13.9. The van der Waals surface area contributed by atoms with Crippen LogP contribution in [0.5, 0.6) is 0 Å². The number of hydrogen-bond donors (Lipinski definition) is 20. The molecule has 2 unspecified atom stereocenters. The van der Waals surface area contributed by atoms with Crippen molar-refractivity contribution in [3.05, 3.63) is 12.2 Å². The van der Waals surface area contributed by atoms with E-state index in [4.69, 9.17) is 47.4 Å². The summed E-state index contributed by atoms with van der Waals surface area (Å²) >= 11 is 0. The third-order valence-electron chi connectivity index (χ3n) is 22.6. The Balaban J connectivity index is 1.32. The minimum Gasteiger partial charge on any atom is -0.477 e. The number of hydrogen-bond acceptors (Lipinski definition) is 30. The number of allylic oxidation sites excluding steroid dienone is 1. The number of amides is 3. The highest BCUT2D eigenvalue weighted by molar-refractivity contribution is 5.77. The van der Waals surface area contributed by atoms with Crippen molar-refractivity contribution in [3.8, 4) is 0 Å². The first-order chi connectivity index (χ1) is 55.3. The molecule has 34 nitrogen and oxygen atoms in total. The summed E-state index contributed by atoms with van der Waals surface area (Å²) in [5.41, 5.74) is 0. The lowest BCUT2D eigenvalue weighted by molar-refractivity contribution is -0.403. The third kappa shape index (κ3) is 33.7. The highest BCUT2D eigenvalue weighted by Gasteiger charge is 2.62. The number of unbranched alkanes of at least 4 members (excludes halogenated alkanes) is 33. The minimum absolute atomic E-state index is 0.136. The van der Waals surface area contributed by atoms with E-state index in [2.05, 4.69) is 29.8 Å². The van der Waals surface area contributed by atoms with Crippen molar-refractivity contribution < 1.29 is 153 Å². The first-order valence-electron chi connectivity index (χ1n) is 43.1. The van der Waals surface area contributed by atoms with Gasteiger partial charge >= 0.3 is 5.97 Å². The lowest BCUT2D eigenvalue weighted by Gasteiger charge is -2.52. The molecule has 28 atom stereocenters. The van der Waals surface area contributed by atoms with E-state index in [9.17, 15) is 106 Å². The zero-order chi connectivity index (χ0) is 84.4. The lowest BCUT2D eigenvalue weighted by Crippen LogP contribution is -2.72. The molecule has 20 N–H and O–H groups in total. The fourth-order valence-electron chi connectivity index (χ4n) is 15.7. The number of nitrogens with one attached hydrogen (secondary N) is 3. The van der Waals surface area contributed by atoms with Gasteiger partial charge in [0.1, 0.15) is 116 Å². The van der Waals surface area contributed by atoms with Crippen LogP contribution in [0.2, 0.25) is 0 Å². The Morgan fingerprint density at radius 2 is 0.861 bits per heavy atom. The van der Waals surface area contributed by atoms with Gasteiger partial charge in [0.2, 0.25) is 17.7 Å². The monoisotopic (exact) mass is 1660 g/mol. The summed E-state index contributed by atoms with van der Waals surface area (Å²) in [6.07, 6.45) is -5.59. The van der Waals surface area contributed by atoms with Crippen molar-refractivity contribution in [2.75, 3.05) is 39.6 Å². The van der Waals surface area contributed by atoms with E-state index in [0.29, 0.717) is 12.8 Å². The Labute approximate surface area is 678 Å². The first-order valence-corrected chi connectivity index (χ1v) is 43.1. The molecule has 5 rings (SSSR count). The predicted molar refractivity (Wildman–Crippen MR) is 415 cm³/mol. The summed E-state index contributed by atoms with van der Waals surface area (Å²) in [6, 6.07) is -4.81. The molecule has 0 saturated carbocycles. The number of carbonyl (C=O) groups is 4. The van der Waals surface area contributed by atoms with Crippen LogP contribution in [0.25, 0.3) is 0 Å². The van der Waals surface area contributed by atoms with E-state index in [1.165, 1.54) is 154 Å². The molecular formula is C81H147N3O31. The van der Waals surface area contributed by atoms with Gasteiger partial charge in [-0.3, -0.25) is 14.4 Å². The van der Waals surface area contributed by atoms with E-state index < -0.39 is 235 Å². The summed E-state index contributed by atoms with van der Waals surface area (Å²) in [4.78, 5) is 53.1. The molecule has 0 aromatic carbocycles. The molecule has 115 heavy (non-hydrogen) atoms. The molecule has 5 saturated heterocycles. The van der Waals surface area contributed by atoms with Gasteiger partial charge in [-0.25, -0.2) is 4.79 Å². The van der Waals surface area contributed by atoms with E-state index in [1.807, 2.05) is 6.08 Å². The molecular weight excluding hydrogens is 1510 g/mol. The summed E-state index contributed by atoms with van der Waals surface area (Å²) in [5.74, 6) is -7.70. The van der Waals surface area contributed by atoms with Gasteiger partial charge in [-0.05, 0) is 19.3 Å². The lowest BCUT2D eigenvalue weighted by atomic mass is 9.88. The second-order valence-corrected chi connectivity index (χ2v) is 32.1. The van der Waals surface area contributed by atoms with Gasteiger partial charge in [-0.1, -0.05) is 231 Å². The standard InChI is InChI=1S/C81H147N3O31/c1-5-7-9-11-13-15-17-19-20-21-22-23-24-25-26-27-28-30-32-34-36-38-40-42-60(95)84-52(53(92)41-39-37-35-33-31-29-18-16-14-12-10-8-6-2)49-106-77-69(102)67(100)71(58(47-88)109-77)111-79-70(103)75(115-81(80(104)105)43-54(93)61(82-50(3)90)74(114-81)63(96)55(94)44-85)72(59(48-89)110-79)112-76-62(83-51(4)91)73(65(98)57(46-87)107-76)113-78-68(101)66(99)64(97)56(45-86)108-78/h39,41,52-59,61-79,85-89,92-94,96-103H,5-38,40,42-49H2,1-4H3,(H,82,90)(H,83,91)(H,84,95)(H,104,105)/b41-39+/t52-,53+,54-,55-,56+,57+,58+,59+,61+,62+,63-,64-,65-,66-,67+,68+,69?,70+,71+,72-,73+,74?,75+,76-,77+,78-,79-,81-/m0/s1. The minimum atomic E-state index is -3.38. The molecule has 672 valence electrons. The van der Waals surface area contributed by atoms with Crippen LogP contribution in [0.15, 0.2) is 12.2 Å². The Morgan fingerprint density at radius 1 is 0.452 bits per heavy atom. The second-order valence-electron chi connectivity index (χ2n) is 32.1. The normalized spacial score (nSPS) is 33.0. The Bertz CT molecular complexity index is 2650. The second kappa shape index (κ2) is 56.3. The van der Waals surface area contributed by atoms with Crippen molar-refractivity contribution in [1.82, 2.24) is 16.0 Å². The third-order valence-corrected chi connectivity index (χ3v) is 22.6. The number of aliphatic carboxylic acids is 1. The van der Waals surface area contributed by atoms with Gasteiger partial charge in [0.05, 0.1) is 63.9 Å². The maximum Gasteiger partial charge on any atom is 0.364 e. The molecule has 5 fully saturated rings. The molecule has 5 heterocycles. The number of ether oxygens (including phenoxy) is 10. The molecule has 34 heteroatoms. The molecule has 0 spiro atoms. The van der Waals surface area contributed by atoms with E-state index >= 15 is 0 Å². The summed E-state index contributed by atoms with van der Waals surface area (Å²) in [6.45, 7) is 0.365. The van der Waals surface area contributed by atoms with Crippen molar-refractivity contribution in [1.29, 1.82) is 0 Å². The number of rotatable bonds is 60. The van der Waals surface area contributed by atoms with Gasteiger partial charge < -0.3 is 150 Å². The molecule has 3 amide bonds. The molecule has 5 aliphatic heterocycles. The molecule has 0 radical (unpaired) electrons. The number of carboxylic acid groups (broad SMARTS) is 1. The maximum atomic E-state index is 13.9. The quantitative estimate of drug-likeness (QED) is 0.0306. The first kappa shape index (κ1) is 102. The fourth-order valence-corrected chi connectivity index (χ4v) is 15.7. The Morgan fingerprint density at radius 3 is 1.34 bits per heavy atom. The van der Waals surface area contributed by atoms with Gasteiger partial charge in [0.25, 0.3) is 5.79 Å². The van der Waals surface area contributed by atoms with Crippen molar-refractivity contribution in [2.45, 2.75) is 436 Å². The van der Waals surface area contributed by atoms with Crippen LogP contribution >= 0.6 is 0 Å². The molecule has 5 aliphatic rings. The predicted octanol–water partition coefficient (Wildman–Crippen LogP) is 2.08. The van der Waals surface area contributed by atoms with Gasteiger partial charge in [0, 0.05) is 26.7 Å². The average molecular weight is 1660 g/mol. The van der Waals surface area contributed by atoms with Crippen LogP contribution in [0, 0.1) is 0 Å². The van der Waals surface area contributed by atoms with Gasteiger partial charge in [-0.15, -0.1) is 0 Å². The van der Waals surface area contributed by atoms with Crippen LogP contribution in [-0.2, 0) is 66.5 Å². The summed E-state index contributed by atoms with van der Waals surface area (Å²) < 4.78 is 60.2. The molecule has 0 aliphatic carbocycles. The van der Waals surface area contributed by atoms with Crippen molar-refractivity contribution >= 4 is 23.7 Å². The van der Waals surface area contributed by atoms with Crippen molar-refractivity contribution in [2.24, 2.45) is 0 Å². The molecule has 0 aromatic heterocycles. The van der Waals surface area contributed by atoms with E-state index in [-0.39, 0.29) is 12.3 Å². The van der Waals surface area contributed by atoms with E-state index in [1.54, 1.807) is 6.08 Å². The topological polar surface area (TPSA) is 541 Å². The summed E-state index contributed by atoms with van der Waals surface area (Å²) in [7, 11) is 0. The number of aliphatic hydroxyl groups excluding tert-OH is 16. The largest absolute Gasteiger partial charge is 0.477 e. The number of carbonyl (C=O) groups excluding carboxylic acids is 3. The summed E-state index contributed by atoms with van der Waals surface area (Å²) in [5, 5.41) is 197. The van der Waals surface area contributed by atoms with Gasteiger partial charge in [-0.2, -0.15) is 0 Å². The zero-order valence-corrected chi connectivity index (χ0v) is 68.5. The average Bonchev–Trinajstić information content (AvgIpc) is 0.746. The highest BCUT2D eigenvalue weighted by atomic mass is 16.8. The van der Waals surface area contributed by atoms with Gasteiger partial charge in [0.15, 0.2) is 25.2 Å². The smallest absolute Gasteiger partial charge is 0.364 e. The van der Waals surface area contributed by atoms with Crippen LogP contribution in [0.1, 0.15) is 265 Å². The van der Waals surface area contributed by atoms with E-state index in [0.717, 1.165) is 71.6 Å². The SMILES string of the molecule is CCCCCCCCCCCCC/C=C/[C@@H](O)[C@H](CO[C@@H]1O[C@H](CO)[C@@H](O[C@@H]2O[C@H](CO)[C@H](O[C@@H]3O[C@H](CO)[C@H](O)[C@H](O[C@@H]4O[C@H](CO)[C@H](O)[C@H](O)[C@H]4O)[C@H]3NC(C)=O)[C@H](O[C@]3(C(=O)O)C[C@H](O)[C@@H](NC(C)=O)C([C@@H](O)[C@@H](O)CO)O3)[C@H]2O)[C@H](O)C1O)NC(=O)CCCCCCCCCCCCCCCCCCCCCCCCC. The van der Waals surface area contributed by atoms with Crippen LogP contribution in [0.3, 0.4) is 0 Å². The van der Waals surface area contributed by atoms with Crippen LogP contribution in [0.4, 0.5) is 0 Å². The number of aliphatic hydroxyl groups is 16. The number of carboxylic acids is 1. The highest BCUT2D eigenvalue weighted by Crippen LogP contribution is 2.41. The van der Waals surface area contributed by atoms with Crippen LogP contribution in [-0.4, -0.2) is 321 Å². The fraction of sp³-hybridized carbons (Fsp3) is 0.926. The zero-order valence-electron chi connectivity index (χ0n) is 68.5. The molecule has 0 aromatic rings. The Hall–Kier alpha value is -3.42. The van der Waals surface area contributed by atoms with Crippen molar-refractivity contribution in [3.63, 3.8) is 0 Å². The Kier molecular flexibility index (Phi) is 50.0. The van der Waals surface area contributed by atoms with Crippen LogP contribution < -0.4 is 16.0 Å². The molecule has 0 bridgehead atoms.